The molecule has 3 aromatic carbocycles. The van der Waals surface area contributed by atoms with E-state index in [1.54, 1.807) is 60.7 Å². The normalized spacial score (nSPS) is 11.0. The zero-order chi connectivity index (χ0) is 25.1. The molecule has 7 heteroatoms. The van der Waals surface area contributed by atoms with E-state index >= 15 is 0 Å². The molecule has 0 fully saturated rings. The van der Waals surface area contributed by atoms with Crippen LogP contribution in [-0.4, -0.2) is 23.1 Å². The number of rotatable bonds is 6. The molecule has 6 nitrogen and oxygen atoms in total. The number of esters is 1. The Morgan fingerprint density at radius 1 is 0.943 bits per heavy atom. The fourth-order valence-corrected chi connectivity index (χ4v) is 4.09. The number of nitrogens with zero attached hydrogens (tertiary/aromatic N) is 1. The van der Waals surface area contributed by atoms with Crippen LogP contribution in [0.1, 0.15) is 35.8 Å². The van der Waals surface area contributed by atoms with Crippen LogP contribution in [0.2, 0.25) is 5.02 Å². The molecule has 0 spiro atoms. The molecule has 0 radical (unpaired) electrons. The van der Waals surface area contributed by atoms with E-state index in [0.717, 1.165) is 5.56 Å². The van der Waals surface area contributed by atoms with Gasteiger partial charge < -0.3 is 14.6 Å². The Kier molecular flexibility index (Phi) is 7.03. The van der Waals surface area contributed by atoms with Crippen molar-refractivity contribution in [2.45, 2.75) is 19.8 Å². The van der Waals surface area contributed by atoms with Gasteiger partial charge in [-0.05, 0) is 52.8 Å². The van der Waals surface area contributed by atoms with E-state index < -0.39 is 18.5 Å². The van der Waals surface area contributed by atoms with Gasteiger partial charge in [-0.3, -0.25) is 9.59 Å². The molecule has 0 bridgehead atoms. The Labute approximate surface area is 208 Å². The van der Waals surface area contributed by atoms with Crippen molar-refractivity contribution in [3.05, 3.63) is 99.4 Å². The quantitative estimate of drug-likeness (QED) is 0.349. The lowest BCUT2D eigenvalue weighted by atomic mass is 9.97. The maximum Gasteiger partial charge on any atom is 0.356 e. The average Bonchev–Trinajstić information content (AvgIpc) is 2.85. The zero-order valence-corrected chi connectivity index (χ0v) is 20.4. The number of carbonyl (C=O) groups is 2. The average molecular weight is 489 g/mol. The lowest BCUT2D eigenvalue weighted by Crippen LogP contribution is -2.28. The standard InChI is InChI=1S/C28H25ClN2O4/c1-17(2)18-10-14-21(15-11-18)30-24(32)16-35-28(34)26-25(19-8-12-20(29)13-9-19)22-6-4-5-7-23(22)27(33)31(26)3/h4-15,17H,16H2,1-3H3,(H,30,32). The summed E-state index contributed by atoms with van der Waals surface area (Å²) in [4.78, 5) is 38.7. The van der Waals surface area contributed by atoms with Gasteiger partial charge in [0.15, 0.2) is 6.61 Å². The molecule has 1 aromatic heterocycles. The van der Waals surface area contributed by atoms with Crippen LogP contribution in [0.15, 0.2) is 77.6 Å². The van der Waals surface area contributed by atoms with Crippen molar-refractivity contribution in [1.82, 2.24) is 4.57 Å². The van der Waals surface area contributed by atoms with Gasteiger partial charge in [0, 0.05) is 28.7 Å². The van der Waals surface area contributed by atoms with E-state index in [9.17, 15) is 14.4 Å². The molecule has 0 aliphatic rings. The Morgan fingerprint density at radius 2 is 1.57 bits per heavy atom. The van der Waals surface area contributed by atoms with Gasteiger partial charge in [0.2, 0.25) is 0 Å². The molecular weight excluding hydrogens is 464 g/mol. The summed E-state index contributed by atoms with van der Waals surface area (Å²) in [7, 11) is 1.52. The Hall–Kier alpha value is -3.90. The van der Waals surface area contributed by atoms with Gasteiger partial charge >= 0.3 is 5.97 Å². The number of benzene rings is 3. The van der Waals surface area contributed by atoms with Crippen LogP contribution in [-0.2, 0) is 16.6 Å². The summed E-state index contributed by atoms with van der Waals surface area (Å²) < 4.78 is 6.62. The number of anilines is 1. The molecule has 0 aliphatic heterocycles. The first-order valence-corrected chi connectivity index (χ1v) is 11.6. The lowest BCUT2D eigenvalue weighted by Gasteiger charge is -2.17. The molecule has 35 heavy (non-hydrogen) atoms. The largest absolute Gasteiger partial charge is 0.451 e. The number of hydrogen-bond acceptors (Lipinski definition) is 4. The summed E-state index contributed by atoms with van der Waals surface area (Å²) in [6.45, 7) is 3.68. The Morgan fingerprint density at radius 3 is 2.20 bits per heavy atom. The summed E-state index contributed by atoms with van der Waals surface area (Å²) in [6, 6.07) is 21.5. The second-order valence-electron chi connectivity index (χ2n) is 8.54. The SMILES string of the molecule is CC(C)c1ccc(NC(=O)COC(=O)c2c(-c3ccc(Cl)cc3)c3ccccc3c(=O)n2C)cc1. The highest BCUT2D eigenvalue weighted by molar-refractivity contribution is 6.30. The monoisotopic (exact) mass is 488 g/mol. The molecule has 1 N–H and O–H groups in total. The number of ether oxygens (including phenoxy) is 1. The van der Waals surface area contributed by atoms with Gasteiger partial charge in [-0.1, -0.05) is 67.9 Å². The highest BCUT2D eigenvalue weighted by Crippen LogP contribution is 2.31. The molecule has 0 aliphatic carbocycles. The fraction of sp³-hybridized carbons (Fsp3) is 0.179. The molecule has 0 saturated carbocycles. The summed E-state index contributed by atoms with van der Waals surface area (Å²) in [5, 5.41) is 4.35. The Balaban J connectivity index is 1.63. The lowest BCUT2D eigenvalue weighted by molar-refractivity contribution is -0.119. The molecular formula is C28H25ClN2O4. The van der Waals surface area contributed by atoms with Gasteiger partial charge in [0.25, 0.3) is 11.5 Å². The minimum Gasteiger partial charge on any atom is -0.451 e. The predicted octanol–water partition coefficient (Wildman–Crippen LogP) is 5.78. The van der Waals surface area contributed by atoms with Crippen LogP contribution in [0.4, 0.5) is 5.69 Å². The number of aromatic nitrogens is 1. The number of pyridine rings is 1. The van der Waals surface area contributed by atoms with Crippen LogP contribution in [0.3, 0.4) is 0 Å². The molecule has 1 amide bonds. The number of amides is 1. The first-order chi connectivity index (χ1) is 16.8. The molecule has 0 unspecified atom stereocenters. The molecule has 4 aromatic rings. The van der Waals surface area contributed by atoms with Crippen molar-refractivity contribution in [3.8, 4) is 11.1 Å². The molecule has 178 valence electrons. The van der Waals surface area contributed by atoms with E-state index in [1.807, 2.05) is 12.1 Å². The van der Waals surface area contributed by atoms with Crippen molar-refractivity contribution < 1.29 is 14.3 Å². The molecule has 4 rings (SSSR count). The highest BCUT2D eigenvalue weighted by Gasteiger charge is 2.23. The second kappa shape index (κ2) is 10.2. The number of carbonyl (C=O) groups excluding carboxylic acids is 2. The molecule has 1 heterocycles. The first kappa shape index (κ1) is 24.2. The Bertz CT molecular complexity index is 1460. The number of nitrogens with one attached hydrogen (secondary N) is 1. The first-order valence-electron chi connectivity index (χ1n) is 11.2. The fourth-order valence-electron chi connectivity index (χ4n) is 3.96. The third kappa shape index (κ3) is 5.12. The van der Waals surface area contributed by atoms with Crippen molar-refractivity contribution in [2.24, 2.45) is 7.05 Å². The summed E-state index contributed by atoms with van der Waals surface area (Å²) in [5.41, 5.74) is 2.72. The number of halogens is 1. The van der Waals surface area contributed by atoms with Crippen LogP contribution in [0, 0.1) is 0 Å². The summed E-state index contributed by atoms with van der Waals surface area (Å²) in [6.07, 6.45) is 0. The predicted molar refractivity (Wildman–Crippen MR) is 139 cm³/mol. The van der Waals surface area contributed by atoms with Crippen LogP contribution >= 0.6 is 11.6 Å². The van der Waals surface area contributed by atoms with Gasteiger partial charge in [0.05, 0.1) is 0 Å². The van der Waals surface area contributed by atoms with Crippen molar-refractivity contribution in [2.75, 3.05) is 11.9 Å². The third-order valence-corrected chi connectivity index (χ3v) is 6.08. The van der Waals surface area contributed by atoms with E-state index in [1.165, 1.54) is 11.6 Å². The van der Waals surface area contributed by atoms with Crippen LogP contribution < -0.4 is 10.9 Å². The topological polar surface area (TPSA) is 77.4 Å². The molecule has 0 atom stereocenters. The van der Waals surface area contributed by atoms with Gasteiger partial charge in [-0.15, -0.1) is 0 Å². The van der Waals surface area contributed by atoms with Crippen LogP contribution in [0.25, 0.3) is 21.9 Å². The highest BCUT2D eigenvalue weighted by atomic mass is 35.5. The number of fused-ring (bicyclic) bond motifs is 1. The van der Waals surface area contributed by atoms with E-state index in [-0.39, 0.29) is 11.3 Å². The minimum absolute atomic E-state index is 0.0603. The maximum absolute atomic E-state index is 13.2. The van der Waals surface area contributed by atoms with Crippen molar-refractivity contribution >= 4 is 39.9 Å². The summed E-state index contributed by atoms with van der Waals surface area (Å²) in [5.74, 6) is -0.871. The van der Waals surface area contributed by atoms with Crippen LogP contribution in [0.5, 0.6) is 0 Å². The van der Waals surface area contributed by atoms with E-state index in [0.29, 0.717) is 38.5 Å². The zero-order valence-electron chi connectivity index (χ0n) is 19.7. The van der Waals surface area contributed by atoms with E-state index in [2.05, 4.69) is 19.2 Å². The van der Waals surface area contributed by atoms with Gasteiger partial charge in [-0.2, -0.15) is 0 Å². The second-order valence-corrected chi connectivity index (χ2v) is 8.98. The van der Waals surface area contributed by atoms with Crippen molar-refractivity contribution in [3.63, 3.8) is 0 Å². The van der Waals surface area contributed by atoms with Crippen molar-refractivity contribution in [1.29, 1.82) is 0 Å². The van der Waals surface area contributed by atoms with E-state index in [4.69, 9.17) is 16.3 Å². The smallest absolute Gasteiger partial charge is 0.356 e. The maximum atomic E-state index is 13.2. The summed E-state index contributed by atoms with van der Waals surface area (Å²) >= 11 is 6.06. The third-order valence-electron chi connectivity index (χ3n) is 5.83. The number of hydrogen-bond donors (Lipinski definition) is 1. The minimum atomic E-state index is -0.773. The van der Waals surface area contributed by atoms with Gasteiger partial charge in [-0.25, -0.2) is 4.79 Å². The van der Waals surface area contributed by atoms with Gasteiger partial charge in [0.1, 0.15) is 5.69 Å². The molecule has 0 saturated heterocycles.